The summed E-state index contributed by atoms with van der Waals surface area (Å²) in [5.41, 5.74) is 3.26. The number of carbonyl (C=O) groups excluding carboxylic acids is 2. The highest BCUT2D eigenvalue weighted by atomic mass is 32.2. The van der Waals surface area contributed by atoms with Crippen molar-refractivity contribution < 1.29 is 22.7 Å². The molecule has 2 amide bonds. The fraction of sp³-hybridized carbons (Fsp3) is 0.462. The molecular formula is C26H37N3O5S. The van der Waals surface area contributed by atoms with E-state index in [1.165, 1.54) is 10.6 Å². The molecule has 1 atom stereocenters. The van der Waals surface area contributed by atoms with E-state index in [2.05, 4.69) is 5.32 Å². The van der Waals surface area contributed by atoms with Gasteiger partial charge in [0.2, 0.25) is 21.8 Å². The van der Waals surface area contributed by atoms with E-state index in [1.807, 2.05) is 63.2 Å². The first-order chi connectivity index (χ1) is 16.5. The van der Waals surface area contributed by atoms with Gasteiger partial charge in [-0.25, -0.2) is 8.42 Å². The van der Waals surface area contributed by atoms with Gasteiger partial charge in [0.1, 0.15) is 11.8 Å². The zero-order valence-corrected chi connectivity index (χ0v) is 22.3. The van der Waals surface area contributed by atoms with Crippen molar-refractivity contribution in [2.24, 2.45) is 0 Å². The molecular weight excluding hydrogens is 466 g/mol. The molecule has 0 saturated carbocycles. The monoisotopic (exact) mass is 503 g/mol. The van der Waals surface area contributed by atoms with Crippen LogP contribution >= 0.6 is 0 Å². The van der Waals surface area contributed by atoms with Gasteiger partial charge in [-0.1, -0.05) is 31.2 Å². The van der Waals surface area contributed by atoms with E-state index in [-0.39, 0.29) is 31.3 Å². The van der Waals surface area contributed by atoms with Crippen LogP contribution in [-0.4, -0.2) is 58.1 Å². The van der Waals surface area contributed by atoms with Gasteiger partial charge in [0.25, 0.3) is 0 Å². The molecule has 0 unspecified atom stereocenters. The summed E-state index contributed by atoms with van der Waals surface area (Å²) < 4.78 is 31.8. The van der Waals surface area contributed by atoms with Crippen molar-refractivity contribution in [1.29, 1.82) is 0 Å². The second-order valence-corrected chi connectivity index (χ2v) is 10.5. The summed E-state index contributed by atoms with van der Waals surface area (Å²) in [5.74, 6) is 0.217. The van der Waals surface area contributed by atoms with Gasteiger partial charge >= 0.3 is 0 Å². The van der Waals surface area contributed by atoms with Crippen LogP contribution in [0.4, 0.5) is 5.69 Å². The Kier molecular flexibility index (Phi) is 10.1. The first-order valence-electron chi connectivity index (χ1n) is 11.7. The molecule has 0 bridgehead atoms. The van der Waals surface area contributed by atoms with E-state index in [9.17, 15) is 18.0 Å². The quantitative estimate of drug-likeness (QED) is 0.479. The number of ether oxygens (including phenoxy) is 1. The standard InChI is InChI=1S/C26H37N3O5S/c1-7-23(26(31)27-4)28(18-21-10-8-11-22(17-21)34-5)25(30)12-9-15-29(35(6,32)33)24-16-19(2)13-14-20(24)3/h8,10-11,13-14,16-17,23H,7,9,12,15,18H2,1-6H3,(H,27,31)/t23-/m0/s1. The lowest BCUT2D eigenvalue weighted by molar-refractivity contribution is -0.141. The van der Waals surface area contributed by atoms with Crippen molar-refractivity contribution >= 4 is 27.5 Å². The normalized spacial score (nSPS) is 12.1. The van der Waals surface area contributed by atoms with Gasteiger partial charge in [0.15, 0.2) is 0 Å². The summed E-state index contributed by atoms with van der Waals surface area (Å²) in [7, 11) is -0.416. The molecule has 192 valence electrons. The molecule has 8 nitrogen and oxygen atoms in total. The fourth-order valence-electron chi connectivity index (χ4n) is 4.02. The Morgan fingerprint density at radius 2 is 1.83 bits per heavy atom. The van der Waals surface area contributed by atoms with E-state index in [0.717, 1.165) is 16.7 Å². The van der Waals surface area contributed by atoms with Crippen molar-refractivity contribution in [1.82, 2.24) is 10.2 Å². The predicted molar refractivity (Wildman–Crippen MR) is 139 cm³/mol. The zero-order valence-electron chi connectivity index (χ0n) is 21.5. The summed E-state index contributed by atoms with van der Waals surface area (Å²) in [6.07, 6.45) is 2.05. The van der Waals surface area contributed by atoms with Gasteiger partial charge in [-0.2, -0.15) is 0 Å². The first kappa shape index (κ1) is 28.2. The number of amides is 2. The molecule has 0 aliphatic carbocycles. The molecule has 0 radical (unpaired) electrons. The van der Waals surface area contributed by atoms with E-state index in [1.54, 1.807) is 19.1 Å². The van der Waals surface area contributed by atoms with Crippen LogP contribution in [0.2, 0.25) is 0 Å². The van der Waals surface area contributed by atoms with Crippen molar-refractivity contribution in [2.45, 2.75) is 52.6 Å². The minimum atomic E-state index is -3.54. The fourth-order valence-corrected chi connectivity index (χ4v) is 5.04. The number of sulfonamides is 1. The maximum Gasteiger partial charge on any atom is 0.242 e. The van der Waals surface area contributed by atoms with Crippen LogP contribution in [-0.2, 0) is 26.2 Å². The third-order valence-corrected chi connectivity index (χ3v) is 7.08. The molecule has 0 spiro atoms. The SMILES string of the molecule is CC[C@@H](C(=O)NC)N(Cc1cccc(OC)c1)C(=O)CCCN(c1cc(C)ccc1C)S(C)(=O)=O. The number of hydrogen-bond donors (Lipinski definition) is 1. The van der Waals surface area contributed by atoms with Gasteiger partial charge in [0.05, 0.1) is 19.1 Å². The number of aryl methyl sites for hydroxylation is 2. The lowest BCUT2D eigenvalue weighted by Gasteiger charge is -2.31. The summed E-state index contributed by atoms with van der Waals surface area (Å²) in [6.45, 7) is 6.04. The van der Waals surface area contributed by atoms with Crippen LogP contribution in [0.1, 0.15) is 42.9 Å². The molecule has 0 heterocycles. The van der Waals surface area contributed by atoms with Crippen LogP contribution < -0.4 is 14.4 Å². The number of benzene rings is 2. The topological polar surface area (TPSA) is 96.0 Å². The number of anilines is 1. The number of methoxy groups -OCH3 is 1. The van der Waals surface area contributed by atoms with Crippen molar-refractivity contribution in [3.8, 4) is 5.75 Å². The maximum absolute atomic E-state index is 13.4. The van der Waals surface area contributed by atoms with Gasteiger partial charge in [-0.3, -0.25) is 13.9 Å². The highest BCUT2D eigenvalue weighted by Crippen LogP contribution is 2.25. The predicted octanol–water partition coefficient (Wildman–Crippen LogP) is 3.41. The summed E-state index contributed by atoms with van der Waals surface area (Å²) in [5, 5.41) is 2.64. The average Bonchev–Trinajstić information content (AvgIpc) is 2.82. The molecule has 2 aromatic rings. The second kappa shape index (κ2) is 12.6. The van der Waals surface area contributed by atoms with Gasteiger partial charge in [0, 0.05) is 26.6 Å². The van der Waals surface area contributed by atoms with E-state index >= 15 is 0 Å². The Morgan fingerprint density at radius 3 is 2.43 bits per heavy atom. The summed E-state index contributed by atoms with van der Waals surface area (Å²) in [6, 6.07) is 12.4. The number of hydrogen-bond acceptors (Lipinski definition) is 5. The molecule has 1 N–H and O–H groups in total. The number of rotatable bonds is 12. The third kappa shape index (κ3) is 7.71. The average molecular weight is 504 g/mol. The molecule has 35 heavy (non-hydrogen) atoms. The van der Waals surface area contributed by atoms with Crippen LogP contribution in [0.3, 0.4) is 0 Å². The van der Waals surface area contributed by atoms with Gasteiger partial charge in [-0.05, 0) is 61.6 Å². The van der Waals surface area contributed by atoms with E-state index in [0.29, 0.717) is 24.3 Å². The maximum atomic E-state index is 13.4. The van der Waals surface area contributed by atoms with Gasteiger partial charge in [-0.15, -0.1) is 0 Å². The Morgan fingerprint density at radius 1 is 1.11 bits per heavy atom. The third-order valence-electron chi connectivity index (χ3n) is 5.90. The highest BCUT2D eigenvalue weighted by molar-refractivity contribution is 7.92. The molecule has 0 aliphatic heterocycles. The molecule has 0 fully saturated rings. The van der Waals surface area contributed by atoms with Crippen LogP contribution in [0, 0.1) is 13.8 Å². The Balaban J connectivity index is 2.24. The number of nitrogens with one attached hydrogen (secondary N) is 1. The number of nitrogens with zero attached hydrogens (tertiary/aromatic N) is 2. The molecule has 2 rings (SSSR count). The van der Waals surface area contributed by atoms with E-state index < -0.39 is 16.1 Å². The van der Waals surface area contributed by atoms with Gasteiger partial charge < -0.3 is 15.0 Å². The second-order valence-electron chi connectivity index (χ2n) is 8.64. The van der Waals surface area contributed by atoms with E-state index in [4.69, 9.17) is 4.74 Å². The van der Waals surface area contributed by atoms with Crippen LogP contribution in [0.25, 0.3) is 0 Å². The molecule has 0 saturated heterocycles. The summed E-state index contributed by atoms with van der Waals surface area (Å²) >= 11 is 0. The minimum Gasteiger partial charge on any atom is -0.497 e. The lowest BCUT2D eigenvalue weighted by Crippen LogP contribution is -2.48. The Bertz CT molecular complexity index is 1130. The number of carbonyl (C=O) groups is 2. The van der Waals surface area contributed by atoms with Crippen LogP contribution in [0.15, 0.2) is 42.5 Å². The molecule has 9 heteroatoms. The number of likely N-dealkylation sites (N-methyl/N-ethyl adjacent to an activating group) is 1. The zero-order chi connectivity index (χ0) is 26.2. The van der Waals surface area contributed by atoms with Crippen molar-refractivity contribution in [2.75, 3.05) is 31.3 Å². The largest absolute Gasteiger partial charge is 0.497 e. The van der Waals surface area contributed by atoms with Crippen molar-refractivity contribution in [3.63, 3.8) is 0 Å². The lowest BCUT2D eigenvalue weighted by atomic mass is 10.1. The van der Waals surface area contributed by atoms with Crippen LogP contribution in [0.5, 0.6) is 5.75 Å². The smallest absolute Gasteiger partial charge is 0.242 e. The Labute approximate surface area is 209 Å². The Hall–Kier alpha value is -3.07. The molecule has 0 aliphatic rings. The first-order valence-corrected chi connectivity index (χ1v) is 13.6. The van der Waals surface area contributed by atoms with Crippen molar-refractivity contribution in [3.05, 3.63) is 59.2 Å². The highest BCUT2D eigenvalue weighted by Gasteiger charge is 2.28. The molecule has 2 aromatic carbocycles. The minimum absolute atomic E-state index is 0.106. The molecule has 0 aromatic heterocycles. The summed E-state index contributed by atoms with van der Waals surface area (Å²) in [4.78, 5) is 27.5.